The average molecular weight is 371 g/mol. The molecule has 0 aliphatic heterocycles. The molecule has 0 saturated heterocycles. The van der Waals surface area contributed by atoms with E-state index in [0.29, 0.717) is 6.54 Å². The highest BCUT2D eigenvalue weighted by Gasteiger charge is 2.18. The maximum Gasteiger partial charge on any atom is 0.315 e. The van der Waals surface area contributed by atoms with Crippen molar-refractivity contribution < 1.29 is 9.59 Å². The minimum atomic E-state index is -0.372. The lowest BCUT2D eigenvalue weighted by Crippen LogP contribution is -2.39. The maximum atomic E-state index is 12.2. The second-order valence-electron chi connectivity index (χ2n) is 6.78. The van der Waals surface area contributed by atoms with Gasteiger partial charge in [-0.15, -0.1) is 0 Å². The third kappa shape index (κ3) is 4.04. The molecule has 0 aromatic heterocycles. The molecule has 140 valence electrons. The van der Waals surface area contributed by atoms with Gasteiger partial charge in [0, 0.05) is 12.2 Å². The first-order chi connectivity index (χ1) is 13.7. The first-order valence-electron chi connectivity index (χ1n) is 9.26. The summed E-state index contributed by atoms with van der Waals surface area (Å²) in [7, 11) is 0. The maximum absolute atomic E-state index is 12.2. The Balaban J connectivity index is 1.28. The summed E-state index contributed by atoms with van der Waals surface area (Å²) in [6.07, 6.45) is 0.870. The van der Waals surface area contributed by atoms with Gasteiger partial charge in [-0.2, -0.15) is 0 Å². The van der Waals surface area contributed by atoms with Crippen LogP contribution in [0.3, 0.4) is 0 Å². The van der Waals surface area contributed by atoms with Crippen LogP contribution < -0.4 is 16.0 Å². The van der Waals surface area contributed by atoms with Gasteiger partial charge in [0.05, 0.1) is 6.54 Å². The summed E-state index contributed by atoms with van der Waals surface area (Å²) in [6, 6.07) is 23.5. The molecule has 4 rings (SSSR count). The van der Waals surface area contributed by atoms with Gasteiger partial charge in [-0.05, 0) is 46.4 Å². The van der Waals surface area contributed by atoms with Crippen LogP contribution in [0.25, 0.3) is 11.1 Å². The standard InChI is InChI=1S/C23H21N3O2/c27-22(15-25-23(28)24-14-16-6-2-1-3-7-16)26-19-10-11-21-18(13-19)12-17-8-4-5-9-20(17)21/h1-11,13H,12,14-15H2,(H,26,27)(H2,24,25,28). The molecule has 1 aliphatic rings. The monoisotopic (exact) mass is 371 g/mol. The number of hydrogen-bond acceptors (Lipinski definition) is 2. The molecule has 0 fully saturated rings. The summed E-state index contributed by atoms with van der Waals surface area (Å²) in [6.45, 7) is 0.331. The SMILES string of the molecule is O=C(CNC(=O)NCc1ccccc1)Nc1ccc2c(c1)Cc1ccccc1-2. The van der Waals surface area contributed by atoms with E-state index in [2.05, 4.69) is 28.1 Å². The number of nitrogens with one attached hydrogen (secondary N) is 3. The molecule has 3 N–H and O–H groups in total. The van der Waals surface area contributed by atoms with E-state index in [1.165, 1.54) is 22.3 Å². The highest BCUT2D eigenvalue weighted by molar-refractivity contribution is 5.95. The van der Waals surface area contributed by atoms with Crippen molar-refractivity contribution in [2.24, 2.45) is 0 Å². The van der Waals surface area contributed by atoms with Gasteiger partial charge >= 0.3 is 6.03 Å². The van der Waals surface area contributed by atoms with Gasteiger partial charge in [0.25, 0.3) is 0 Å². The Morgan fingerprint density at radius 1 is 0.786 bits per heavy atom. The quantitative estimate of drug-likeness (QED) is 0.501. The van der Waals surface area contributed by atoms with Crippen molar-refractivity contribution in [3.05, 3.63) is 89.5 Å². The number of benzene rings is 3. The molecule has 1 aliphatic carbocycles. The molecule has 3 aromatic carbocycles. The van der Waals surface area contributed by atoms with E-state index in [0.717, 1.165) is 17.7 Å². The van der Waals surface area contributed by atoms with Gasteiger partial charge in [-0.25, -0.2) is 4.79 Å². The summed E-state index contributed by atoms with van der Waals surface area (Å²) >= 11 is 0. The lowest BCUT2D eigenvalue weighted by atomic mass is 10.1. The Bertz CT molecular complexity index is 1020. The lowest BCUT2D eigenvalue weighted by Gasteiger charge is -2.10. The fourth-order valence-corrected chi connectivity index (χ4v) is 3.43. The van der Waals surface area contributed by atoms with Gasteiger partial charge in [0.2, 0.25) is 5.91 Å². The van der Waals surface area contributed by atoms with Crippen LogP contribution in [0.5, 0.6) is 0 Å². The van der Waals surface area contributed by atoms with Crippen LogP contribution in [0.2, 0.25) is 0 Å². The minimum absolute atomic E-state index is 0.0854. The Morgan fingerprint density at radius 3 is 2.39 bits per heavy atom. The zero-order valence-corrected chi connectivity index (χ0v) is 15.4. The van der Waals surface area contributed by atoms with Crippen molar-refractivity contribution in [3.63, 3.8) is 0 Å². The molecular formula is C23H21N3O2. The first kappa shape index (κ1) is 17.8. The van der Waals surface area contributed by atoms with Gasteiger partial charge in [0.1, 0.15) is 0 Å². The van der Waals surface area contributed by atoms with Gasteiger partial charge in [0.15, 0.2) is 0 Å². The van der Waals surface area contributed by atoms with Gasteiger partial charge < -0.3 is 16.0 Å². The van der Waals surface area contributed by atoms with Crippen molar-refractivity contribution in [1.82, 2.24) is 10.6 Å². The number of amides is 3. The predicted octanol–water partition coefficient (Wildman–Crippen LogP) is 3.70. The van der Waals surface area contributed by atoms with Crippen LogP contribution >= 0.6 is 0 Å². The van der Waals surface area contributed by atoms with E-state index in [4.69, 9.17) is 0 Å². The molecule has 0 unspecified atom stereocenters. The topological polar surface area (TPSA) is 70.2 Å². The molecule has 3 aromatic rings. The molecular weight excluding hydrogens is 350 g/mol. The van der Waals surface area contributed by atoms with Crippen molar-refractivity contribution in [2.45, 2.75) is 13.0 Å². The third-order valence-corrected chi connectivity index (χ3v) is 4.78. The number of anilines is 1. The van der Waals surface area contributed by atoms with Gasteiger partial charge in [-0.1, -0.05) is 60.7 Å². The van der Waals surface area contributed by atoms with E-state index in [-0.39, 0.29) is 18.5 Å². The summed E-state index contributed by atoms with van der Waals surface area (Å²) in [5.41, 5.74) is 6.72. The van der Waals surface area contributed by atoms with E-state index >= 15 is 0 Å². The minimum Gasteiger partial charge on any atom is -0.334 e. The van der Waals surface area contributed by atoms with Crippen molar-refractivity contribution in [3.8, 4) is 11.1 Å². The fourth-order valence-electron chi connectivity index (χ4n) is 3.43. The second kappa shape index (κ2) is 7.96. The number of hydrogen-bond donors (Lipinski definition) is 3. The molecule has 0 heterocycles. The Morgan fingerprint density at radius 2 is 1.54 bits per heavy atom. The lowest BCUT2D eigenvalue weighted by molar-refractivity contribution is -0.115. The fraction of sp³-hybridized carbons (Fsp3) is 0.130. The van der Waals surface area contributed by atoms with Crippen LogP contribution in [0.4, 0.5) is 10.5 Å². The Kier molecular flexibility index (Phi) is 5.06. The van der Waals surface area contributed by atoms with E-state index in [9.17, 15) is 9.59 Å². The van der Waals surface area contributed by atoms with Crippen LogP contribution in [0.15, 0.2) is 72.8 Å². The summed E-state index contributed by atoms with van der Waals surface area (Å²) in [4.78, 5) is 24.0. The highest BCUT2D eigenvalue weighted by Crippen LogP contribution is 2.37. The second-order valence-corrected chi connectivity index (χ2v) is 6.78. The van der Waals surface area contributed by atoms with Crippen LogP contribution in [-0.4, -0.2) is 18.5 Å². The number of urea groups is 1. The molecule has 5 nitrogen and oxygen atoms in total. The number of carbonyl (C=O) groups is 2. The Labute approximate surface area is 163 Å². The number of carbonyl (C=O) groups excluding carboxylic acids is 2. The molecule has 3 amide bonds. The highest BCUT2D eigenvalue weighted by atomic mass is 16.2. The molecule has 0 atom stereocenters. The number of rotatable bonds is 5. The molecule has 0 radical (unpaired) electrons. The third-order valence-electron chi connectivity index (χ3n) is 4.78. The zero-order chi connectivity index (χ0) is 19.3. The summed E-state index contributed by atoms with van der Waals surface area (Å²) < 4.78 is 0. The van der Waals surface area contributed by atoms with Crippen molar-refractivity contribution >= 4 is 17.6 Å². The smallest absolute Gasteiger partial charge is 0.315 e. The van der Waals surface area contributed by atoms with Crippen LogP contribution in [0, 0.1) is 0 Å². The molecule has 0 saturated carbocycles. The molecule has 28 heavy (non-hydrogen) atoms. The van der Waals surface area contributed by atoms with Crippen molar-refractivity contribution in [2.75, 3.05) is 11.9 Å². The van der Waals surface area contributed by atoms with Gasteiger partial charge in [-0.3, -0.25) is 4.79 Å². The normalized spacial score (nSPS) is 11.3. The number of fused-ring (bicyclic) bond motifs is 3. The zero-order valence-electron chi connectivity index (χ0n) is 15.4. The van der Waals surface area contributed by atoms with Crippen molar-refractivity contribution in [1.29, 1.82) is 0 Å². The molecule has 0 bridgehead atoms. The van der Waals surface area contributed by atoms with E-state index in [1.807, 2.05) is 60.7 Å². The molecule has 5 heteroatoms. The van der Waals surface area contributed by atoms with Crippen LogP contribution in [-0.2, 0) is 17.8 Å². The first-order valence-corrected chi connectivity index (χ1v) is 9.26. The summed E-state index contributed by atoms with van der Waals surface area (Å²) in [5, 5.41) is 8.16. The van der Waals surface area contributed by atoms with Crippen LogP contribution in [0.1, 0.15) is 16.7 Å². The Hall–Kier alpha value is -3.60. The largest absolute Gasteiger partial charge is 0.334 e. The van der Waals surface area contributed by atoms with E-state index in [1.54, 1.807) is 0 Å². The predicted molar refractivity (Wildman–Crippen MR) is 110 cm³/mol. The average Bonchev–Trinajstić information content (AvgIpc) is 3.09. The molecule has 0 spiro atoms. The van der Waals surface area contributed by atoms with E-state index < -0.39 is 0 Å². The summed E-state index contributed by atoms with van der Waals surface area (Å²) in [5.74, 6) is -0.259.